The van der Waals surface area contributed by atoms with Crippen LogP contribution in [0.4, 0.5) is 14.9 Å². The van der Waals surface area contributed by atoms with Gasteiger partial charge in [0.1, 0.15) is 5.82 Å². The molecule has 0 saturated carbocycles. The quantitative estimate of drug-likeness (QED) is 0.835. The minimum atomic E-state index is -0.983. The molecule has 130 valence electrons. The predicted octanol–water partition coefficient (Wildman–Crippen LogP) is 2.95. The number of carbonyl (C=O) groups excluding carboxylic acids is 3. The second kappa shape index (κ2) is 8.05. The lowest BCUT2D eigenvalue weighted by Crippen LogP contribution is -2.37. The molecule has 0 radical (unpaired) electrons. The summed E-state index contributed by atoms with van der Waals surface area (Å²) >= 11 is 0. The summed E-state index contributed by atoms with van der Waals surface area (Å²) in [4.78, 5) is 35.1. The molecule has 0 heterocycles. The molecule has 0 bridgehead atoms. The van der Waals surface area contributed by atoms with Gasteiger partial charge in [0.15, 0.2) is 6.61 Å². The predicted molar refractivity (Wildman–Crippen MR) is 89.8 cm³/mol. The van der Waals surface area contributed by atoms with Crippen LogP contribution in [0.15, 0.2) is 42.5 Å². The van der Waals surface area contributed by atoms with Gasteiger partial charge in [0, 0.05) is 5.69 Å². The van der Waals surface area contributed by atoms with Gasteiger partial charge >= 0.3 is 12.0 Å². The van der Waals surface area contributed by atoms with E-state index in [2.05, 4.69) is 5.32 Å². The molecule has 3 amide bonds. The number of hydrogen-bond donors (Lipinski definition) is 2. The Balaban J connectivity index is 1.84. The summed E-state index contributed by atoms with van der Waals surface area (Å²) in [6, 6.07) is 9.91. The van der Waals surface area contributed by atoms with Gasteiger partial charge in [-0.3, -0.25) is 10.1 Å². The van der Waals surface area contributed by atoms with Gasteiger partial charge in [-0.1, -0.05) is 29.8 Å². The van der Waals surface area contributed by atoms with Gasteiger partial charge in [0.05, 0.1) is 5.56 Å². The molecule has 0 fully saturated rings. The van der Waals surface area contributed by atoms with Crippen molar-refractivity contribution in [3.63, 3.8) is 0 Å². The number of aryl methyl sites for hydroxylation is 2. The summed E-state index contributed by atoms with van der Waals surface area (Å²) in [5.41, 5.74) is 2.16. The lowest BCUT2D eigenvalue weighted by molar-refractivity contribution is -0.123. The first-order chi connectivity index (χ1) is 11.9. The minimum absolute atomic E-state index is 0.282. The van der Waals surface area contributed by atoms with Gasteiger partial charge in [0.2, 0.25) is 0 Å². The summed E-state index contributed by atoms with van der Waals surface area (Å²) in [5, 5.41) is 4.56. The number of hydrogen-bond acceptors (Lipinski definition) is 4. The molecule has 2 aromatic carbocycles. The first-order valence-corrected chi connectivity index (χ1v) is 7.46. The zero-order valence-corrected chi connectivity index (χ0v) is 13.8. The normalized spacial score (nSPS) is 10.0. The van der Waals surface area contributed by atoms with Crippen LogP contribution in [0.3, 0.4) is 0 Å². The van der Waals surface area contributed by atoms with Crippen LogP contribution in [-0.4, -0.2) is 24.5 Å². The number of rotatable bonds is 4. The summed E-state index contributed by atoms with van der Waals surface area (Å²) in [5.74, 6) is -2.56. The Bertz CT molecular complexity index is 820. The number of carbonyl (C=O) groups is 3. The Hall–Kier alpha value is -3.22. The SMILES string of the molecule is Cc1ccc(NC(=O)NC(=O)COC(=O)c2ccccc2F)c(C)c1. The van der Waals surface area contributed by atoms with Crippen LogP contribution >= 0.6 is 0 Å². The number of benzene rings is 2. The molecule has 25 heavy (non-hydrogen) atoms. The van der Waals surface area contributed by atoms with Crippen molar-refractivity contribution in [1.29, 1.82) is 0 Å². The number of anilines is 1. The Morgan fingerprint density at radius 2 is 1.80 bits per heavy atom. The van der Waals surface area contributed by atoms with Crippen molar-refractivity contribution < 1.29 is 23.5 Å². The number of amides is 3. The van der Waals surface area contributed by atoms with E-state index in [0.717, 1.165) is 17.2 Å². The molecule has 0 aliphatic rings. The number of esters is 1. The maximum atomic E-state index is 13.4. The summed E-state index contributed by atoms with van der Waals surface area (Å²) in [6.07, 6.45) is 0. The molecule has 6 nitrogen and oxygen atoms in total. The highest BCUT2D eigenvalue weighted by atomic mass is 19.1. The molecular formula is C18H17FN2O4. The van der Waals surface area contributed by atoms with E-state index in [1.54, 1.807) is 6.07 Å². The average molecular weight is 344 g/mol. The topological polar surface area (TPSA) is 84.5 Å². The molecule has 7 heteroatoms. The van der Waals surface area contributed by atoms with Crippen LogP contribution < -0.4 is 10.6 Å². The first-order valence-electron chi connectivity index (χ1n) is 7.46. The number of halogens is 1. The minimum Gasteiger partial charge on any atom is -0.452 e. The highest BCUT2D eigenvalue weighted by Gasteiger charge is 2.15. The van der Waals surface area contributed by atoms with Crippen LogP contribution in [0.1, 0.15) is 21.5 Å². The van der Waals surface area contributed by atoms with E-state index in [1.165, 1.54) is 18.2 Å². The van der Waals surface area contributed by atoms with Crippen molar-refractivity contribution in [3.8, 4) is 0 Å². The fourth-order valence-corrected chi connectivity index (χ4v) is 2.11. The summed E-state index contributed by atoms with van der Waals surface area (Å²) < 4.78 is 18.1. The molecule has 0 aromatic heterocycles. The maximum Gasteiger partial charge on any atom is 0.341 e. The van der Waals surface area contributed by atoms with Gasteiger partial charge < -0.3 is 10.1 Å². The van der Waals surface area contributed by atoms with E-state index in [1.807, 2.05) is 31.3 Å². The van der Waals surface area contributed by atoms with E-state index >= 15 is 0 Å². The van der Waals surface area contributed by atoms with Crippen LogP contribution in [-0.2, 0) is 9.53 Å². The van der Waals surface area contributed by atoms with Gasteiger partial charge in [-0.05, 0) is 37.6 Å². The van der Waals surface area contributed by atoms with E-state index in [4.69, 9.17) is 4.74 Å². The zero-order valence-electron chi connectivity index (χ0n) is 13.8. The molecule has 0 aliphatic carbocycles. The van der Waals surface area contributed by atoms with Gasteiger partial charge in [0.25, 0.3) is 5.91 Å². The fourth-order valence-electron chi connectivity index (χ4n) is 2.11. The molecule has 0 unspecified atom stereocenters. The molecule has 2 N–H and O–H groups in total. The number of ether oxygens (including phenoxy) is 1. The number of imide groups is 1. The third-order valence-electron chi connectivity index (χ3n) is 3.31. The first kappa shape index (κ1) is 18.1. The third-order valence-corrected chi connectivity index (χ3v) is 3.31. The second-order valence-corrected chi connectivity index (χ2v) is 5.38. The highest BCUT2D eigenvalue weighted by molar-refractivity contribution is 6.02. The molecule has 0 atom stereocenters. The highest BCUT2D eigenvalue weighted by Crippen LogP contribution is 2.15. The lowest BCUT2D eigenvalue weighted by Gasteiger charge is -2.10. The van der Waals surface area contributed by atoms with Crippen LogP contribution in [0, 0.1) is 19.7 Å². The van der Waals surface area contributed by atoms with Crippen molar-refractivity contribution in [2.45, 2.75) is 13.8 Å². The van der Waals surface area contributed by atoms with Crippen molar-refractivity contribution in [2.24, 2.45) is 0 Å². The van der Waals surface area contributed by atoms with E-state index in [-0.39, 0.29) is 5.56 Å². The van der Waals surface area contributed by atoms with E-state index in [0.29, 0.717) is 5.69 Å². The Morgan fingerprint density at radius 3 is 2.48 bits per heavy atom. The lowest BCUT2D eigenvalue weighted by atomic mass is 10.1. The van der Waals surface area contributed by atoms with Gasteiger partial charge in [-0.15, -0.1) is 0 Å². The zero-order chi connectivity index (χ0) is 18.4. The van der Waals surface area contributed by atoms with Crippen molar-refractivity contribution in [3.05, 3.63) is 65.0 Å². The van der Waals surface area contributed by atoms with E-state index in [9.17, 15) is 18.8 Å². The molecule has 2 aromatic rings. The Kier molecular flexibility index (Phi) is 5.84. The van der Waals surface area contributed by atoms with Gasteiger partial charge in [-0.25, -0.2) is 14.0 Å². The largest absolute Gasteiger partial charge is 0.452 e. The monoisotopic (exact) mass is 344 g/mol. The van der Waals surface area contributed by atoms with Crippen LogP contribution in [0.25, 0.3) is 0 Å². The molecular weight excluding hydrogens is 327 g/mol. The second-order valence-electron chi connectivity index (χ2n) is 5.38. The van der Waals surface area contributed by atoms with Crippen molar-refractivity contribution >= 4 is 23.6 Å². The number of nitrogens with one attached hydrogen (secondary N) is 2. The number of urea groups is 1. The Morgan fingerprint density at radius 1 is 1.08 bits per heavy atom. The van der Waals surface area contributed by atoms with Crippen molar-refractivity contribution in [2.75, 3.05) is 11.9 Å². The van der Waals surface area contributed by atoms with Crippen LogP contribution in [0.2, 0.25) is 0 Å². The van der Waals surface area contributed by atoms with Gasteiger partial charge in [-0.2, -0.15) is 0 Å². The molecule has 2 rings (SSSR count). The van der Waals surface area contributed by atoms with Crippen LogP contribution in [0.5, 0.6) is 0 Å². The summed E-state index contributed by atoms with van der Waals surface area (Å²) in [6.45, 7) is 3.04. The Labute approximate surface area is 144 Å². The summed E-state index contributed by atoms with van der Waals surface area (Å²) in [7, 11) is 0. The van der Waals surface area contributed by atoms with Crippen molar-refractivity contribution in [1.82, 2.24) is 5.32 Å². The fraction of sp³-hybridized carbons (Fsp3) is 0.167. The average Bonchev–Trinajstić information content (AvgIpc) is 2.55. The molecule has 0 spiro atoms. The van der Waals surface area contributed by atoms with E-state index < -0.39 is 30.3 Å². The maximum absolute atomic E-state index is 13.4. The molecule has 0 aliphatic heterocycles. The third kappa shape index (κ3) is 5.13. The molecule has 0 saturated heterocycles. The standard InChI is InChI=1S/C18H17FN2O4/c1-11-7-8-15(12(2)9-11)20-18(24)21-16(22)10-25-17(23)13-5-3-4-6-14(13)19/h3-9H,10H2,1-2H3,(H2,20,21,22,24). The smallest absolute Gasteiger partial charge is 0.341 e.